The van der Waals surface area contributed by atoms with E-state index in [0.29, 0.717) is 15.8 Å². The van der Waals surface area contributed by atoms with Crippen LogP contribution in [-0.2, 0) is 5.75 Å². The predicted molar refractivity (Wildman–Crippen MR) is 80.0 cm³/mol. The van der Waals surface area contributed by atoms with Crippen LogP contribution in [0.25, 0.3) is 5.69 Å². The number of aromatic carboxylic acids is 1. The van der Waals surface area contributed by atoms with Crippen molar-refractivity contribution in [2.24, 2.45) is 0 Å². The molecule has 2 aromatic heterocycles. The highest BCUT2D eigenvalue weighted by molar-refractivity contribution is 7.98. The quantitative estimate of drug-likeness (QED) is 0.729. The van der Waals surface area contributed by atoms with Gasteiger partial charge >= 0.3 is 5.97 Å². The maximum Gasteiger partial charge on any atom is 0.346 e. The normalized spacial score (nSPS) is 10.7. The number of thioether (sulfide) groups is 1. The molecule has 0 fully saturated rings. The maximum absolute atomic E-state index is 11.1. The third-order valence-corrected chi connectivity index (χ3v) is 4.65. The molecule has 0 aliphatic heterocycles. The molecule has 6 nitrogen and oxygen atoms in total. The summed E-state index contributed by atoms with van der Waals surface area (Å²) in [6, 6.07) is 11.4. The fourth-order valence-electron chi connectivity index (χ4n) is 1.78. The van der Waals surface area contributed by atoms with Crippen molar-refractivity contribution in [1.82, 2.24) is 20.2 Å². The lowest BCUT2D eigenvalue weighted by atomic mass is 10.3. The van der Waals surface area contributed by atoms with E-state index in [2.05, 4.69) is 15.5 Å². The molecule has 0 atom stereocenters. The van der Waals surface area contributed by atoms with Gasteiger partial charge in [-0.15, -0.1) is 16.4 Å². The molecule has 0 amide bonds. The number of thiophene rings is 1. The Balaban J connectivity index is 1.79. The van der Waals surface area contributed by atoms with Gasteiger partial charge < -0.3 is 5.11 Å². The summed E-state index contributed by atoms with van der Waals surface area (Å²) in [5, 5.41) is 23.1. The second-order valence-corrected chi connectivity index (χ2v) is 5.94. The number of tetrazole rings is 1. The lowest BCUT2D eigenvalue weighted by Crippen LogP contribution is -2.00. The summed E-state index contributed by atoms with van der Waals surface area (Å²) in [7, 11) is 0. The molecule has 0 saturated carbocycles. The highest BCUT2D eigenvalue weighted by atomic mass is 32.2. The Morgan fingerprint density at radius 1 is 1.29 bits per heavy atom. The van der Waals surface area contributed by atoms with E-state index in [-0.39, 0.29) is 0 Å². The lowest BCUT2D eigenvalue weighted by molar-refractivity contribution is 0.0701. The summed E-state index contributed by atoms with van der Waals surface area (Å²) in [6.45, 7) is 0. The van der Waals surface area contributed by atoms with Crippen molar-refractivity contribution >= 4 is 29.1 Å². The molecule has 0 saturated heterocycles. The Labute approximate surface area is 128 Å². The van der Waals surface area contributed by atoms with E-state index < -0.39 is 5.97 Å². The van der Waals surface area contributed by atoms with Gasteiger partial charge in [0.1, 0.15) is 4.88 Å². The Kier molecular flexibility index (Phi) is 3.98. The van der Waals surface area contributed by atoms with Crippen LogP contribution in [0.2, 0.25) is 0 Å². The third-order valence-electron chi connectivity index (χ3n) is 2.74. The van der Waals surface area contributed by atoms with Gasteiger partial charge in [0, 0.05) is 5.75 Å². The Bertz CT molecular complexity index is 754. The molecular formula is C13H10N4O2S2. The van der Waals surface area contributed by atoms with Crippen LogP contribution >= 0.6 is 23.1 Å². The average molecular weight is 318 g/mol. The van der Waals surface area contributed by atoms with Gasteiger partial charge in [-0.1, -0.05) is 30.0 Å². The van der Waals surface area contributed by atoms with Crippen molar-refractivity contribution in [3.05, 3.63) is 52.2 Å². The minimum Gasteiger partial charge on any atom is -0.477 e. The topological polar surface area (TPSA) is 80.9 Å². The number of carboxylic acid groups (broad SMARTS) is 1. The van der Waals surface area contributed by atoms with E-state index in [9.17, 15) is 4.79 Å². The molecule has 106 valence electrons. The van der Waals surface area contributed by atoms with Gasteiger partial charge in [0.25, 0.3) is 0 Å². The first kappa shape index (κ1) is 13.8. The van der Waals surface area contributed by atoms with Crippen molar-refractivity contribution in [3.8, 4) is 5.69 Å². The number of aromatic nitrogens is 4. The molecule has 8 heteroatoms. The van der Waals surface area contributed by atoms with Gasteiger partial charge in [-0.25, -0.2) is 4.79 Å². The van der Waals surface area contributed by atoms with Gasteiger partial charge in [-0.3, -0.25) is 0 Å². The average Bonchev–Trinajstić information content (AvgIpc) is 3.15. The van der Waals surface area contributed by atoms with Crippen LogP contribution in [0.15, 0.2) is 46.9 Å². The SMILES string of the molecule is O=C(O)c1sccc1CSc1nnnn1-c1ccccc1. The third kappa shape index (κ3) is 2.96. The fourth-order valence-corrected chi connectivity index (χ4v) is 3.52. The highest BCUT2D eigenvalue weighted by Crippen LogP contribution is 2.26. The zero-order valence-corrected chi connectivity index (χ0v) is 12.3. The first-order valence-electron chi connectivity index (χ1n) is 6.02. The van der Waals surface area contributed by atoms with E-state index in [1.165, 1.54) is 23.1 Å². The van der Waals surface area contributed by atoms with E-state index >= 15 is 0 Å². The van der Waals surface area contributed by atoms with Crippen LogP contribution < -0.4 is 0 Å². The summed E-state index contributed by atoms with van der Waals surface area (Å²) in [4.78, 5) is 11.5. The van der Waals surface area contributed by atoms with E-state index in [1.54, 1.807) is 10.1 Å². The summed E-state index contributed by atoms with van der Waals surface area (Å²) in [5.41, 5.74) is 1.65. The molecule has 0 radical (unpaired) electrons. The van der Waals surface area contributed by atoms with Gasteiger partial charge in [0.2, 0.25) is 5.16 Å². The zero-order chi connectivity index (χ0) is 14.7. The van der Waals surface area contributed by atoms with Crippen LogP contribution in [-0.4, -0.2) is 31.3 Å². The number of hydrogen-bond acceptors (Lipinski definition) is 6. The standard InChI is InChI=1S/C13H10N4O2S2/c18-12(19)11-9(6-7-20-11)8-21-13-14-15-16-17(13)10-4-2-1-3-5-10/h1-7H,8H2,(H,18,19). The first-order chi connectivity index (χ1) is 10.3. The lowest BCUT2D eigenvalue weighted by Gasteiger charge is -2.03. The zero-order valence-electron chi connectivity index (χ0n) is 10.7. The molecule has 0 spiro atoms. The van der Waals surface area contributed by atoms with Gasteiger partial charge in [0.15, 0.2) is 0 Å². The van der Waals surface area contributed by atoms with Crippen molar-refractivity contribution in [2.45, 2.75) is 10.9 Å². The molecule has 0 aliphatic rings. The molecular weight excluding hydrogens is 308 g/mol. The molecule has 3 aromatic rings. The number of carbonyl (C=O) groups is 1. The summed E-state index contributed by atoms with van der Waals surface area (Å²) < 4.78 is 1.64. The van der Waals surface area contributed by atoms with E-state index in [4.69, 9.17) is 5.11 Å². The van der Waals surface area contributed by atoms with Crippen molar-refractivity contribution < 1.29 is 9.90 Å². The minimum atomic E-state index is -0.900. The molecule has 2 heterocycles. The number of para-hydroxylation sites is 1. The molecule has 3 rings (SSSR count). The van der Waals surface area contributed by atoms with Crippen LogP contribution in [0.5, 0.6) is 0 Å². The Hall–Kier alpha value is -2.19. The van der Waals surface area contributed by atoms with Crippen LogP contribution in [0, 0.1) is 0 Å². The van der Waals surface area contributed by atoms with Crippen molar-refractivity contribution in [1.29, 1.82) is 0 Å². The number of nitrogens with zero attached hydrogens (tertiary/aromatic N) is 4. The minimum absolute atomic E-state index is 0.362. The van der Waals surface area contributed by atoms with Gasteiger partial charge in [-0.2, -0.15) is 4.68 Å². The van der Waals surface area contributed by atoms with Gasteiger partial charge in [-0.05, 0) is 39.6 Å². The number of benzene rings is 1. The number of rotatable bonds is 5. The number of carboxylic acids is 1. The van der Waals surface area contributed by atoms with Crippen molar-refractivity contribution in [2.75, 3.05) is 0 Å². The predicted octanol–water partition coefficient (Wildman–Crippen LogP) is 2.71. The van der Waals surface area contributed by atoms with Crippen LogP contribution in [0.1, 0.15) is 15.2 Å². The van der Waals surface area contributed by atoms with Crippen LogP contribution in [0.4, 0.5) is 0 Å². The monoisotopic (exact) mass is 318 g/mol. The summed E-state index contributed by atoms with van der Waals surface area (Å²) in [5.74, 6) is -0.388. The maximum atomic E-state index is 11.1. The number of hydrogen-bond donors (Lipinski definition) is 1. The molecule has 1 N–H and O–H groups in total. The molecule has 0 unspecified atom stereocenters. The summed E-state index contributed by atoms with van der Waals surface area (Å²) >= 11 is 2.63. The highest BCUT2D eigenvalue weighted by Gasteiger charge is 2.14. The van der Waals surface area contributed by atoms with E-state index in [1.807, 2.05) is 36.4 Å². The second-order valence-electron chi connectivity index (χ2n) is 4.08. The summed E-state index contributed by atoms with van der Waals surface area (Å²) in [6.07, 6.45) is 0. The molecule has 0 aliphatic carbocycles. The fraction of sp³-hybridized carbons (Fsp3) is 0.0769. The van der Waals surface area contributed by atoms with E-state index in [0.717, 1.165) is 11.3 Å². The molecule has 0 bridgehead atoms. The van der Waals surface area contributed by atoms with Crippen molar-refractivity contribution in [3.63, 3.8) is 0 Å². The largest absolute Gasteiger partial charge is 0.477 e. The Morgan fingerprint density at radius 2 is 2.10 bits per heavy atom. The molecule has 1 aromatic carbocycles. The second kappa shape index (κ2) is 6.06. The van der Waals surface area contributed by atoms with Crippen LogP contribution in [0.3, 0.4) is 0 Å². The first-order valence-corrected chi connectivity index (χ1v) is 7.88. The Morgan fingerprint density at radius 3 is 2.86 bits per heavy atom. The smallest absolute Gasteiger partial charge is 0.346 e. The molecule has 21 heavy (non-hydrogen) atoms. The van der Waals surface area contributed by atoms with Gasteiger partial charge in [0.05, 0.1) is 5.69 Å².